The third-order valence-corrected chi connectivity index (χ3v) is 9.19. The van der Waals surface area contributed by atoms with Gasteiger partial charge in [0.2, 0.25) is 0 Å². The zero-order chi connectivity index (χ0) is 12.7. The normalized spacial score (nSPS) is 10.8. The summed E-state index contributed by atoms with van der Waals surface area (Å²) in [6, 6.07) is 11.6. The molecule has 0 unspecified atom stereocenters. The highest BCUT2D eigenvalue weighted by Crippen LogP contribution is 2.22. The second-order valence-electron chi connectivity index (χ2n) is 4.12. The zero-order valence-corrected chi connectivity index (χ0v) is 13.3. The quantitative estimate of drug-likeness (QED) is 0.402. The summed E-state index contributed by atoms with van der Waals surface area (Å²) in [5.41, 5.74) is 3.56. The van der Waals surface area contributed by atoms with Crippen molar-refractivity contribution < 1.29 is 0 Å². The summed E-state index contributed by atoms with van der Waals surface area (Å²) in [7, 11) is -1.29. The number of thioether (sulfide) groups is 1. The summed E-state index contributed by atoms with van der Waals surface area (Å²) in [4.78, 5) is 1.17. The van der Waals surface area contributed by atoms with E-state index in [0.717, 1.165) is 5.02 Å². The monoisotopic (exact) mass is 282 g/mol. The van der Waals surface area contributed by atoms with Crippen LogP contribution in [-0.2, 0) is 0 Å². The Kier molecular flexibility index (Phi) is 6.19. The van der Waals surface area contributed by atoms with Gasteiger partial charge < -0.3 is 0 Å². The maximum atomic E-state index is 5.85. The van der Waals surface area contributed by atoms with Gasteiger partial charge >= 0.3 is 0 Å². The largest absolute Gasteiger partial charge is 0.138 e. The number of halogens is 1. The van der Waals surface area contributed by atoms with Crippen molar-refractivity contribution in [3.05, 3.63) is 29.3 Å². The van der Waals surface area contributed by atoms with Crippen LogP contribution in [0, 0.1) is 10.8 Å². The van der Waals surface area contributed by atoms with Crippen LogP contribution in [0.2, 0.25) is 23.2 Å². The number of benzene rings is 1. The van der Waals surface area contributed by atoms with E-state index in [-0.39, 0.29) is 0 Å². The fourth-order valence-electron chi connectivity index (χ4n) is 1.71. The molecule has 0 aliphatic carbocycles. The molecule has 0 atom stereocenters. The molecule has 17 heavy (non-hydrogen) atoms. The third kappa shape index (κ3) is 4.42. The molecule has 0 aromatic heterocycles. The summed E-state index contributed by atoms with van der Waals surface area (Å²) < 4.78 is 0. The highest BCUT2D eigenvalue weighted by molar-refractivity contribution is 8.04. The first-order valence-electron chi connectivity index (χ1n) is 6.10. The highest BCUT2D eigenvalue weighted by atomic mass is 35.5. The van der Waals surface area contributed by atoms with E-state index >= 15 is 0 Å². The minimum Gasteiger partial charge on any atom is -0.119 e. The van der Waals surface area contributed by atoms with Crippen molar-refractivity contribution >= 4 is 31.4 Å². The summed E-state index contributed by atoms with van der Waals surface area (Å²) >= 11 is 7.46. The minimum atomic E-state index is -1.29. The second kappa shape index (κ2) is 7.16. The Morgan fingerprint density at radius 1 is 1.06 bits per heavy atom. The van der Waals surface area contributed by atoms with Gasteiger partial charge in [0.1, 0.15) is 8.07 Å². The lowest BCUT2D eigenvalue weighted by atomic mass is 10.4. The third-order valence-electron chi connectivity index (χ3n) is 3.33. The van der Waals surface area contributed by atoms with Crippen molar-refractivity contribution in [1.29, 1.82) is 0 Å². The molecular formula is C14H19ClSSi. The molecule has 0 saturated carbocycles. The molecule has 1 aromatic carbocycles. The fourth-order valence-corrected chi connectivity index (χ4v) is 5.33. The summed E-state index contributed by atoms with van der Waals surface area (Å²) in [6.45, 7) is 6.84. The fraction of sp³-hybridized carbons (Fsp3) is 0.429. The van der Waals surface area contributed by atoms with Gasteiger partial charge in [-0.15, -0.1) is 5.54 Å². The Morgan fingerprint density at radius 3 is 2.06 bits per heavy atom. The molecule has 0 nitrogen and oxygen atoms in total. The van der Waals surface area contributed by atoms with E-state index in [1.807, 2.05) is 24.3 Å². The van der Waals surface area contributed by atoms with E-state index in [0.29, 0.717) is 0 Å². The smallest absolute Gasteiger partial charge is 0.119 e. The van der Waals surface area contributed by atoms with Gasteiger partial charge in [-0.3, -0.25) is 0 Å². The van der Waals surface area contributed by atoms with Gasteiger partial charge in [0, 0.05) is 9.92 Å². The van der Waals surface area contributed by atoms with E-state index in [4.69, 9.17) is 11.6 Å². The Morgan fingerprint density at radius 2 is 1.59 bits per heavy atom. The lowest BCUT2D eigenvalue weighted by molar-refractivity contribution is 1.20. The highest BCUT2D eigenvalue weighted by Gasteiger charge is 2.24. The number of hydrogen-bond donors (Lipinski definition) is 0. The number of rotatable bonds is 4. The lowest BCUT2D eigenvalue weighted by Crippen LogP contribution is -2.29. The molecule has 0 bridgehead atoms. The van der Waals surface area contributed by atoms with Gasteiger partial charge in [-0.25, -0.2) is 0 Å². The minimum absolute atomic E-state index is 0.779. The molecule has 1 aromatic rings. The van der Waals surface area contributed by atoms with E-state index in [1.54, 1.807) is 11.8 Å². The average Bonchev–Trinajstić information content (AvgIpc) is 2.38. The van der Waals surface area contributed by atoms with Gasteiger partial charge in [0.05, 0.1) is 0 Å². The van der Waals surface area contributed by atoms with Crippen LogP contribution in [0.4, 0.5) is 0 Å². The summed E-state index contributed by atoms with van der Waals surface area (Å²) in [5.74, 6) is 0. The van der Waals surface area contributed by atoms with Gasteiger partial charge in [0.25, 0.3) is 0 Å². The van der Waals surface area contributed by atoms with Gasteiger partial charge in [-0.2, -0.15) is 0 Å². The molecule has 0 aliphatic rings. The van der Waals surface area contributed by atoms with E-state index in [9.17, 15) is 0 Å². The topological polar surface area (TPSA) is 0 Å². The van der Waals surface area contributed by atoms with Crippen LogP contribution in [0.3, 0.4) is 0 Å². The predicted octanol–water partition coefficient (Wildman–Crippen LogP) is 5.44. The Bertz CT molecular complexity index is 390. The summed E-state index contributed by atoms with van der Waals surface area (Å²) in [6.07, 6.45) is 0. The van der Waals surface area contributed by atoms with E-state index in [2.05, 4.69) is 31.6 Å². The molecule has 3 heteroatoms. The first kappa shape index (κ1) is 14.7. The first-order valence-corrected chi connectivity index (χ1v) is 9.92. The molecule has 92 valence electrons. The Balaban J connectivity index is 2.69. The maximum absolute atomic E-state index is 5.85. The standard InChI is InChI=1S/C14H19ClSSi/c1-4-17(5-2,6-3)12-11-16-14-9-7-13(15)8-10-14/h7-10H,4-6H2,1-3H3. The molecule has 0 saturated heterocycles. The van der Waals surface area contributed by atoms with Crippen molar-refractivity contribution in [3.8, 4) is 10.8 Å². The van der Waals surface area contributed by atoms with Crippen LogP contribution >= 0.6 is 23.4 Å². The molecule has 0 N–H and O–H groups in total. The van der Waals surface area contributed by atoms with E-state index < -0.39 is 8.07 Å². The van der Waals surface area contributed by atoms with E-state index in [1.165, 1.54) is 23.0 Å². The molecule has 1 rings (SSSR count). The van der Waals surface area contributed by atoms with Crippen molar-refractivity contribution in [2.24, 2.45) is 0 Å². The molecule has 0 radical (unpaired) electrons. The van der Waals surface area contributed by atoms with Crippen molar-refractivity contribution in [2.75, 3.05) is 0 Å². The van der Waals surface area contributed by atoms with Crippen LogP contribution in [0.15, 0.2) is 29.2 Å². The molecular weight excluding hydrogens is 264 g/mol. The van der Waals surface area contributed by atoms with Crippen LogP contribution in [0.1, 0.15) is 20.8 Å². The van der Waals surface area contributed by atoms with Crippen molar-refractivity contribution in [2.45, 2.75) is 43.8 Å². The maximum Gasteiger partial charge on any atom is 0.138 e. The van der Waals surface area contributed by atoms with Crippen LogP contribution in [0.25, 0.3) is 0 Å². The molecule has 0 heterocycles. The molecule has 0 aliphatic heterocycles. The van der Waals surface area contributed by atoms with Crippen LogP contribution in [0.5, 0.6) is 0 Å². The van der Waals surface area contributed by atoms with Crippen molar-refractivity contribution in [3.63, 3.8) is 0 Å². The molecule has 0 fully saturated rings. The van der Waals surface area contributed by atoms with Gasteiger partial charge in [0.15, 0.2) is 0 Å². The average molecular weight is 283 g/mol. The molecule has 0 amide bonds. The van der Waals surface area contributed by atoms with Gasteiger partial charge in [-0.05, 0) is 59.4 Å². The summed E-state index contributed by atoms with van der Waals surface area (Å²) in [5, 5.41) is 4.08. The first-order chi connectivity index (χ1) is 8.15. The predicted molar refractivity (Wildman–Crippen MR) is 82.3 cm³/mol. The Hall–Kier alpha value is -0.363. The van der Waals surface area contributed by atoms with Crippen LogP contribution < -0.4 is 0 Å². The van der Waals surface area contributed by atoms with Crippen molar-refractivity contribution in [1.82, 2.24) is 0 Å². The van der Waals surface area contributed by atoms with Crippen LogP contribution in [-0.4, -0.2) is 8.07 Å². The van der Waals surface area contributed by atoms with Gasteiger partial charge in [-0.1, -0.05) is 32.4 Å². The SMILES string of the molecule is CC[Si](C#CSc1ccc(Cl)cc1)(CC)CC. The molecule has 0 spiro atoms. The lowest BCUT2D eigenvalue weighted by Gasteiger charge is -2.19. The second-order valence-corrected chi connectivity index (χ2v) is 10.4. The number of hydrogen-bond acceptors (Lipinski definition) is 1. The zero-order valence-electron chi connectivity index (χ0n) is 10.7. The Labute approximate surface area is 115 Å².